The van der Waals surface area contributed by atoms with E-state index < -0.39 is 144 Å². The Balaban J connectivity index is 1.69. The molecule has 0 unspecified atom stereocenters. The number of hydrogen-bond acceptors (Lipinski definition) is 18. The number of esters is 1. The highest BCUT2D eigenvalue weighted by Gasteiger charge is 2.46. The van der Waals surface area contributed by atoms with Crippen molar-refractivity contribution in [2.45, 2.75) is 30.7 Å². The molecule has 0 bridgehead atoms. The predicted molar refractivity (Wildman–Crippen MR) is 143 cm³/mol. The first-order chi connectivity index (χ1) is 21.2. The second-order valence-electron chi connectivity index (χ2n) is 10.0. The third-order valence-electron chi connectivity index (χ3n) is 7.51. The van der Waals surface area contributed by atoms with E-state index in [2.05, 4.69) is 0 Å². The smallest absolute Gasteiger partial charge is 0.345 e. The van der Waals surface area contributed by atoms with Crippen molar-refractivity contribution >= 4 is 38.7 Å². The van der Waals surface area contributed by atoms with Crippen LogP contribution in [-0.2, 0) is 9.47 Å². The minimum atomic E-state index is -2.07. The lowest BCUT2D eigenvalue weighted by atomic mass is 9.90. The average Bonchev–Trinajstić information content (AvgIpc) is 3.00. The molecule has 11 N–H and O–H groups in total. The SMILES string of the molecule is O=C(O[C@H]1[C@H](O)[C@@H](O)[C@@H](O)O[C@@H]1CO)c1cc(O)c(O)c(O)c1-c1c(O)c(O)c2oc(=O)c3cc(O)c(O)c4oc(=O)c1c2c43. The molecule has 0 aliphatic carbocycles. The lowest BCUT2D eigenvalue weighted by molar-refractivity contribution is -0.285. The minimum absolute atomic E-state index is 0.421. The van der Waals surface area contributed by atoms with Crippen molar-refractivity contribution in [1.29, 1.82) is 0 Å². The van der Waals surface area contributed by atoms with E-state index in [1.807, 2.05) is 0 Å². The highest BCUT2D eigenvalue weighted by Crippen LogP contribution is 2.54. The van der Waals surface area contributed by atoms with E-state index in [0.29, 0.717) is 6.07 Å². The van der Waals surface area contributed by atoms with Crippen molar-refractivity contribution in [3.05, 3.63) is 38.5 Å². The molecule has 6 rings (SSSR count). The summed E-state index contributed by atoms with van der Waals surface area (Å²) in [6.07, 6.45) is -9.65. The van der Waals surface area contributed by atoms with Gasteiger partial charge in [-0.2, -0.15) is 0 Å². The number of rotatable bonds is 4. The quantitative estimate of drug-likeness (QED) is 0.0492. The number of aromatic hydroxyl groups is 7. The van der Waals surface area contributed by atoms with Crippen molar-refractivity contribution in [2.75, 3.05) is 6.61 Å². The van der Waals surface area contributed by atoms with E-state index in [4.69, 9.17) is 18.3 Å². The fraction of sp³-hybridized carbons (Fsp3) is 0.222. The average molecular weight is 632 g/mol. The molecule has 0 amide bonds. The van der Waals surface area contributed by atoms with Gasteiger partial charge >= 0.3 is 17.2 Å². The molecule has 18 nitrogen and oxygen atoms in total. The number of benzene rings is 3. The van der Waals surface area contributed by atoms with E-state index in [-0.39, 0.29) is 0 Å². The first-order valence-electron chi connectivity index (χ1n) is 12.6. The molecular weight excluding hydrogens is 612 g/mol. The summed E-state index contributed by atoms with van der Waals surface area (Å²) in [5.74, 6) is -9.97. The molecule has 1 aliphatic heterocycles. The van der Waals surface area contributed by atoms with E-state index in [1.165, 1.54) is 0 Å². The zero-order valence-corrected chi connectivity index (χ0v) is 22.0. The second kappa shape index (κ2) is 10.0. The number of aliphatic hydroxyl groups is 4. The molecule has 1 saturated heterocycles. The Bertz CT molecular complexity index is 2160. The van der Waals surface area contributed by atoms with Crippen LogP contribution in [0, 0.1) is 0 Å². The summed E-state index contributed by atoms with van der Waals surface area (Å²) in [5, 5.41) is 111. The lowest BCUT2D eigenvalue weighted by Crippen LogP contribution is -2.59. The van der Waals surface area contributed by atoms with Gasteiger partial charge in [0.15, 0.2) is 46.6 Å². The Hall–Kier alpha value is -5.53. The maximum atomic E-state index is 13.5. The molecule has 1 fully saturated rings. The van der Waals surface area contributed by atoms with Gasteiger partial charge in [-0.15, -0.1) is 0 Å². The molecule has 1 aliphatic rings. The van der Waals surface area contributed by atoms with Crippen molar-refractivity contribution in [3.63, 3.8) is 0 Å². The van der Waals surface area contributed by atoms with Crippen LogP contribution in [0.3, 0.4) is 0 Å². The molecule has 5 aromatic rings. The number of phenols is 7. The normalized spacial score (nSPS) is 22.0. The van der Waals surface area contributed by atoms with Crippen molar-refractivity contribution in [3.8, 4) is 51.4 Å². The Morgan fingerprint density at radius 1 is 0.711 bits per heavy atom. The first-order valence-corrected chi connectivity index (χ1v) is 12.6. The summed E-state index contributed by atoms with van der Waals surface area (Å²) >= 11 is 0. The monoisotopic (exact) mass is 632 g/mol. The lowest BCUT2D eigenvalue weighted by Gasteiger charge is -2.39. The first kappa shape index (κ1) is 29.5. The van der Waals surface area contributed by atoms with Crippen LogP contribution in [0.2, 0.25) is 0 Å². The highest BCUT2D eigenvalue weighted by molar-refractivity contribution is 6.26. The zero-order valence-electron chi connectivity index (χ0n) is 22.0. The summed E-state index contributed by atoms with van der Waals surface area (Å²) in [6, 6.07) is 1.24. The molecule has 45 heavy (non-hydrogen) atoms. The van der Waals surface area contributed by atoms with Crippen molar-refractivity contribution in [2.24, 2.45) is 0 Å². The van der Waals surface area contributed by atoms with Crippen molar-refractivity contribution in [1.82, 2.24) is 0 Å². The molecule has 2 aromatic heterocycles. The summed E-state index contributed by atoms with van der Waals surface area (Å²) in [7, 11) is 0. The topological polar surface area (TPSA) is 318 Å². The third-order valence-corrected chi connectivity index (χ3v) is 7.51. The van der Waals surface area contributed by atoms with E-state index in [0.717, 1.165) is 6.07 Å². The molecule has 0 saturated carbocycles. The number of ether oxygens (including phenoxy) is 2. The summed E-state index contributed by atoms with van der Waals surface area (Å²) in [5.41, 5.74) is -7.24. The van der Waals surface area contributed by atoms with Gasteiger partial charge in [-0.1, -0.05) is 0 Å². The van der Waals surface area contributed by atoms with Gasteiger partial charge in [0.05, 0.1) is 22.9 Å². The van der Waals surface area contributed by atoms with Crippen LogP contribution in [0.15, 0.2) is 30.6 Å². The van der Waals surface area contributed by atoms with Crippen LogP contribution >= 0.6 is 0 Å². The fourth-order valence-electron chi connectivity index (χ4n) is 5.38. The maximum absolute atomic E-state index is 13.5. The van der Waals surface area contributed by atoms with Crippen LogP contribution in [-0.4, -0.2) is 99.5 Å². The van der Waals surface area contributed by atoms with Gasteiger partial charge < -0.3 is 74.5 Å². The minimum Gasteiger partial charge on any atom is -0.504 e. The largest absolute Gasteiger partial charge is 0.504 e. The standard InChI is InChI=1S/C27H20O18/c28-3-8-21(19(36)20(37)27(41)42-8)43-24(38)4-1-6(29)14(31)16(33)9(4)11-13-12-10-5(25(39)44-23(12)18(35)17(11)34)2-7(30)15(32)22(10)45-26(13)40/h1-2,8,19-21,27-37,41H,3H2/t8-,19-,20-,21-,27+/m1/s1. The molecule has 0 spiro atoms. The van der Waals surface area contributed by atoms with Gasteiger partial charge in [0.1, 0.15) is 18.3 Å². The molecule has 3 heterocycles. The van der Waals surface area contributed by atoms with E-state index >= 15 is 0 Å². The van der Waals surface area contributed by atoms with Crippen LogP contribution in [0.5, 0.6) is 40.2 Å². The van der Waals surface area contributed by atoms with Gasteiger partial charge in [0, 0.05) is 21.9 Å². The Kier molecular flexibility index (Phi) is 6.57. The number of hydrogen-bond donors (Lipinski definition) is 11. The molecule has 3 aromatic carbocycles. The molecule has 18 heteroatoms. The fourth-order valence-corrected chi connectivity index (χ4v) is 5.38. The van der Waals surface area contributed by atoms with Gasteiger partial charge in [0.2, 0.25) is 17.2 Å². The Labute approximate surface area is 245 Å². The predicted octanol–water partition coefficient (Wildman–Crippen LogP) is -0.947. The van der Waals surface area contributed by atoms with Gasteiger partial charge in [0.25, 0.3) is 0 Å². The van der Waals surface area contributed by atoms with Gasteiger partial charge in [-0.25, -0.2) is 14.4 Å². The van der Waals surface area contributed by atoms with Crippen LogP contribution < -0.4 is 11.3 Å². The number of carbonyl (C=O) groups is 1. The molecule has 236 valence electrons. The van der Waals surface area contributed by atoms with Crippen LogP contribution in [0.4, 0.5) is 0 Å². The Morgan fingerprint density at radius 3 is 1.98 bits per heavy atom. The highest BCUT2D eigenvalue weighted by atomic mass is 16.7. The second-order valence-corrected chi connectivity index (χ2v) is 10.0. The van der Waals surface area contributed by atoms with E-state index in [1.54, 1.807) is 0 Å². The van der Waals surface area contributed by atoms with Gasteiger partial charge in [-0.3, -0.25) is 0 Å². The zero-order chi connectivity index (χ0) is 32.8. The van der Waals surface area contributed by atoms with Gasteiger partial charge in [-0.05, 0) is 12.1 Å². The van der Waals surface area contributed by atoms with Crippen LogP contribution in [0.25, 0.3) is 43.8 Å². The summed E-state index contributed by atoms with van der Waals surface area (Å²) in [4.78, 5) is 39.6. The molecule has 5 atom stereocenters. The van der Waals surface area contributed by atoms with E-state index in [9.17, 15) is 70.6 Å². The van der Waals surface area contributed by atoms with Crippen LogP contribution in [0.1, 0.15) is 10.4 Å². The maximum Gasteiger partial charge on any atom is 0.345 e. The van der Waals surface area contributed by atoms with Crippen molar-refractivity contribution < 1.29 is 79.3 Å². The molecule has 0 radical (unpaired) electrons. The molecular formula is C27H20O18. The number of aliphatic hydroxyl groups excluding tert-OH is 4. The summed E-state index contributed by atoms with van der Waals surface area (Å²) < 4.78 is 20.3. The Morgan fingerprint density at radius 2 is 1.31 bits per heavy atom. The summed E-state index contributed by atoms with van der Waals surface area (Å²) in [6.45, 7) is -0.962. The number of phenolic OH excluding ortho intramolecular Hbond substituents is 7. The number of carbonyl (C=O) groups excluding carboxylic acids is 1. The third kappa shape index (κ3) is 4.05.